The third kappa shape index (κ3) is 4.49. The quantitative estimate of drug-likeness (QED) is 0.292. The van der Waals surface area contributed by atoms with Gasteiger partial charge in [0, 0.05) is 6.20 Å². The summed E-state index contributed by atoms with van der Waals surface area (Å²) >= 11 is 0. The molecular formula is C15H9F6N3O2. The number of carbonyl (C=O) groups excluding carboxylic acids is 1. The fourth-order valence-corrected chi connectivity index (χ4v) is 1.83. The minimum absolute atomic E-state index is 0.0868. The zero-order valence-corrected chi connectivity index (χ0v) is 12.6. The molecule has 2 N–H and O–H groups in total. The summed E-state index contributed by atoms with van der Waals surface area (Å²) in [6.07, 6.45) is -8.88. The van der Waals surface area contributed by atoms with Crippen LogP contribution in [0.15, 0.2) is 47.8 Å². The minimum Gasteiger partial charge on any atom is -0.379 e. The van der Waals surface area contributed by atoms with Crippen LogP contribution in [0.2, 0.25) is 0 Å². The number of carbonyl (C=O) groups is 1. The number of aromatic nitrogens is 1. The largest absolute Gasteiger partial charge is 0.417 e. The number of rotatable bonds is 3. The van der Waals surface area contributed by atoms with Crippen molar-refractivity contribution in [1.29, 1.82) is 0 Å². The molecule has 0 aliphatic rings. The Morgan fingerprint density at radius 1 is 1.04 bits per heavy atom. The van der Waals surface area contributed by atoms with Gasteiger partial charge in [-0.05, 0) is 30.3 Å². The van der Waals surface area contributed by atoms with Crippen LogP contribution in [-0.2, 0) is 17.2 Å². The number of hydrogen-bond acceptors (Lipinski definition) is 4. The molecule has 1 aromatic carbocycles. The van der Waals surface area contributed by atoms with Crippen LogP contribution in [0.1, 0.15) is 27.2 Å². The lowest BCUT2D eigenvalue weighted by atomic mass is 10.0. The first kappa shape index (κ1) is 19.2. The van der Waals surface area contributed by atoms with Crippen molar-refractivity contribution < 1.29 is 36.0 Å². The van der Waals surface area contributed by atoms with Crippen molar-refractivity contribution in [2.24, 2.45) is 10.9 Å². The summed E-state index contributed by atoms with van der Waals surface area (Å²) < 4.78 is 76.8. The molecule has 0 radical (unpaired) electrons. The maximum absolute atomic E-state index is 13.0. The summed E-state index contributed by atoms with van der Waals surface area (Å²) in [4.78, 5) is 19.9. The van der Waals surface area contributed by atoms with Gasteiger partial charge in [0.15, 0.2) is 5.84 Å². The summed E-state index contributed by atoms with van der Waals surface area (Å²) in [5.74, 6) is -2.02. The van der Waals surface area contributed by atoms with Crippen molar-refractivity contribution in [1.82, 2.24) is 4.98 Å². The molecule has 5 nitrogen and oxygen atoms in total. The molecule has 0 spiro atoms. The standard InChI is InChI=1S/C15H9F6N3O2/c16-14(17,18)8-4-5-9(10(7-8)15(19,20)21)13(25)26-24-12(22)11-3-1-2-6-23-11/h1-7H,(H2,22,24). The lowest BCUT2D eigenvalue weighted by Crippen LogP contribution is -2.19. The summed E-state index contributed by atoms with van der Waals surface area (Å²) in [6, 6.07) is 5.00. The first-order chi connectivity index (χ1) is 12.0. The number of oxime groups is 1. The van der Waals surface area contributed by atoms with Gasteiger partial charge in [0.05, 0.1) is 16.7 Å². The minimum atomic E-state index is -5.22. The molecule has 0 atom stereocenters. The van der Waals surface area contributed by atoms with Gasteiger partial charge in [0.2, 0.25) is 0 Å². The SMILES string of the molecule is N/C(=N\OC(=O)c1ccc(C(F)(F)F)cc1C(F)(F)F)c1ccccn1. The molecule has 26 heavy (non-hydrogen) atoms. The highest BCUT2D eigenvalue weighted by molar-refractivity contribution is 5.97. The topological polar surface area (TPSA) is 77.6 Å². The Morgan fingerprint density at radius 2 is 1.73 bits per heavy atom. The highest BCUT2D eigenvalue weighted by atomic mass is 19.4. The van der Waals surface area contributed by atoms with E-state index in [1.165, 1.54) is 18.3 Å². The van der Waals surface area contributed by atoms with E-state index in [1.807, 2.05) is 0 Å². The lowest BCUT2D eigenvalue weighted by Gasteiger charge is -2.14. The first-order valence-electron chi connectivity index (χ1n) is 6.75. The Labute approximate surface area is 142 Å². The third-order valence-electron chi connectivity index (χ3n) is 3.03. The second-order valence-corrected chi connectivity index (χ2v) is 4.83. The van der Waals surface area contributed by atoms with Gasteiger partial charge in [-0.2, -0.15) is 26.3 Å². The molecule has 0 aliphatic heterocycles. The molecule has 1 heterocycles. The molecule has 2 aromatic rings. The van der Waals surface area contributed by atoms with Crippen LogP contribution in [0.4, 0.5) is 26.3 Å². The van der Waals surface area contributed by atoms with Crippen LogP contribution >= 0.6 is 0 Å². The molecule has 11 heteroatoms. The number of benzene rings is 1. The van der Waals surface area contributed by atoms with Gasteiger partial charge < -0.3 is 10.6 Å². The number of nitrogens with two attached hydrogens (primary N) is 1. The van der Waals surface area contributed by atoms with Gasteiger partial charge in [-0.25, -0.2) is 4.79 Å². The Balaban J connectivity index is 2.34. The van der Waals surface area contributed by atoms with Crippen molar-refractivity contribution in [3.8, 4) is 0 Å². The third-order valence-corrected chi connectivity index (χ3v) is 3.03. The predicted octanol–water partition coefficient (Wildman–Crippen LogP) is 3.60. The van der Waals surface area contributed by atoms with Gasteiger partial charge in [-0.3, -0.25) is 4.98 Å². The van der Waals surface area contributed by atoms with Crippen LogP contribution in [0.5, 0.6) is 0 Å². The smallest absolute Gasteiger partial charge is 0.379 e. The Kier molecular flexibility index (Phi) is 5.19. The maximum Gasteiger partial charge on any atom is 0.417 e. The number of amidine groups is 1. The van der Waals surface area contributed by atoms with Crippen molar-refractivity contribution in [2.75, 3.05) is 0 Å². The zero-order valence-electron chi connectivity index (χ0n) is 12.6. The van der Waals surface area contributed by atoms with Crippen molar-refractivity contribution in [2.45, 2.75) is 12.4 Å². The van der Waals surface area contributed by atoms with Crippen molar-refractivity contribution in [3.63, 3.8) is 0 Å². The average molecular weight is 377 g/mol. The molecule has 0 amide bonds. The molecule has 0 fully saturated rings. The van der Waals surface area contributed by atoms with E-state index >= 15 is 0 Å². The van der Waals surface area contributed by atoms with Crippen LogP contribution < -0.4 is 5.73 Å². The van der Waals surface area contributed by atoms with Crippen LogP contribution in [0.3, 0.4) is 0 Å². The van der Waals surface area contributed by atoms with Crippen molar-refractivity contribution in [3.05, 3.63) is 65.0 Å². The van der Waals surface area contributed by atoms with Gasteiger partial charge in [0.25, 0.3) is 0 Å². The van der Waals surface area contributed by atoms with Gasteiger partial charge >= 0.3 is 18.3 Å². The molecule has 0 aliphatic carbocycles. The summed E-state index contributed by atoms with van der Waals surface area (Å²) in [7, 11) is 0. The predicted molar refractivity (Wildman–Crippen MR) is 76.8 cm³/mol. The van der Waals surface area contributed by atoms with Crippen molar-refractivity contribution >= 4 is 11.8 Å². The van der Waals surface area contributed by atoms with E-state index in [-0.39, 0.29) is 11.8 Å². The Morgan fingerprint density at radius 3 is 2.27 bits per heavy atom. The lowest BCUT2D eigenvalue weighted by molar-refractivity contribution is -0.143. The van der Waals surface area contributed by atoms with Crippen LogP contribution in [0.25, 0.3) is 0 Å². The van der Waals surface area contributed by atoms with E-state index in [2.05, 4.69) is 15.0 Å². The summed E-state index contributed by atoms with van der Waals surface area (Å²) in [6.45, 7) is 0. The van der Waals surface area contributed by atoms with E-state index in [1.54, 1.807) is 6.07 Å². The van der Waals surface area contributed by atoms with Gasteiger partial charge in [-0.1, -0.05) is 11.2 Å². The molecule has 0 saturated heterocycles. The highest BCUT2D eigenvalue weighted by Gasteiger charge is 2.39. The number of nitrogens with zero attached hydrogens (tertiary/aromatic N) is 2. The zero-order chi connectivity index (χ0) is 19.5. The van der Waals surface area contributed by atoms with E-state index in [0.717, 1.165) is 0 Å². The molecule has 0 unspecified atom stereocenters. The van der Waals surface area contributed by atoms with E-state index in [0.29, 0.717) is 12.1 Å². The summed E-state index contributed by atoms with van der Waals surface area (Å²) in [5.41, 5.74) is 1.06. The van der Waals surface area contributed by atoms with E-state index < -0.39 is 40.8 Å². The molecule has 0 saturated carbocycles. The molecule has 1 aromatic heterocycles. The van der Waals surface area contributed by atoms with Gasteiger partial charge in [0.1, 0.15) is 5.69 Å². The monoisotopic (exact) mass is 377 g/mol. The number of pyridine rings is 1. The highest BCUT2D eigenvalue weighted by Crippen LogP contribution is 2.37. The first-order valence-corrected chi connectivity index (χ1v) is 6.75. The number of hydrogen-bond donors (Lipinski definition) is 1. The van der Waals surface area contributed by atoms with Crippen LogP contribution in [0, 0.1) is 0 Å². The Hall–Kier alpha value is -3.11. The van der Waals surface area contributed by atoms with Crippen LogP contribution in [-0.4, -0.2) is 16.8 Å². The number of halogens is 6. The second kappa shape index (κ2) is 7.02. The fourth-order valence-electron chi connectivity index (χ4n) is 1.83. The average Bonchev–Trinajstić information content (AvgIpc) is 2.58. The maximum atomic E-state index is 13.0. The normalized spacial score (nSPS) is 12.8. The molecule has 138 valence electrons. The summed E-state index contributed by atoms with van der Waals surface area (Å²) in [5, 5.41) is 3.16. The Bertz CT molecular complexity index is 832. The fraction of sp³-hybridized carbons (Fsp3) is 0.133. The molecule has 0 bridgehead atoms. The van der Waals surface area contributed by atoms with Gasteiger partial charge in [-0.15, -0.1) is 0 Å². The van der Waals surface area contributed by atoms with E-state index in [4.69, 9.17) is 5.73 Å². The molecular weight excluding hydrogens is 368 g/mol. The van der Waals surface area contributed by atoms with E-state index in [9.17, 15) is 31.1 Å². The molecule has 2 rings (SSSR count). The second-order valence-electron chi connectivity index (χ2n) is 4.83. The number of alkyl halides is 6.